The fraction of sp³-hybridized carbons (Fsp3) is 0.333. The number of carbonyl (C=O) groups is 2. The molecule has 0 aliphatic carbocycles. The molecule has 0 aliphatic heterocycles. The zero-order valence-corrected chi connectivity index (χ0v) is 19.3. The second kappa shape index (κ2) is 8.93. The van der Waals surface area contributed by atoms with Gasteiger partial charge in [0.1, 0.15) is 17.3 Å². The Morgan fingerprint density at radius 3 is 2.67 bits per heavy atom. The van der Waals surface area contributed by atoms with Gasteiger partial charge in [0.25, 0.3) is 5.91 Å². The van der Waals surface area contributed by atoms with Crippen molar-refractivity contribution in [2.45, 2.75) is 40.3 Å². The van der Waals surface area contributed by atoms with E-state index in [2.05, 4.69) is 5.10 Å². The first-order valence-corrected chi connectivity index (χ1v) is 10.6. The number of esters is 1. The molecule has 0 spiro atoms. The first-order valence-electron chi connectivity index (χ1n) is 10.6. The molecule has 0 aliphatic rings. The zero-order valence-electron chi connectivity index (χ0n) is 19.3. The van der Waals surface area contributed by atoms with Gasteiger partial charge in [-0.25, -0.2) is 14.5 Å². The number of hydrogen-bond acceptors (Lipinski definition) is 7. The van der Waals surface area contributed by atoms with Gasteiger partial charge in [0.05, 0.1) is 35.6 Å². The van der Waals surface area contributed by atoms with Crippen LogP contribution in [0.1, 0.15) is 47.5 Å². The van der Waals surface area contributed by atoms with E-state index in [-0.39, 0.29) is 18.5 Å². The molecule has 0 atom stereocenters. The predicted octanol–water partition coefficient (Wildman–Crippen LogP) is 4.30. The summed E-state index contributed by atoms with van der Waals surface area (Å²) in [5, 5.41) is 4.96. The van der Waals surface area contributed by atoms with Crippen LogP contribution in [0.4, 0.5) is 0 Å². The third kappa shape index (κ3) is 4.52. The summed E-state index contributed by atoms with van der Waals surface area (Å²) >= 11 is 0. The Labute approximate surface area is 190 Å². The van der Waals surface area contributed by atoms with E-state index < -0.39 is 12.6 Å². The topological polar surface area (TPSA) is 104 Å². The number of likely N-dealkylation sites (N-methyl/N-ethyl adjacent to an activating group) is 1. The maximum Gasteiger partial charge on any atom is 0.339 e. The van der Waals surface area contributed by atoms with Crippen molar-refractivity contribution in [3.05, 3.63) is 59.6 Å². The molecule has 0 bridgehead atoms. The van der Waals surface area contributed by atoms with Crippen LogP contribution in [0.3, 0.4) is 0 Å². The fourth-order valence-corrected chi connectivity index (χ4v) is 3.63. The van der Waals surface area contributed by atoms with Crippen molar-refractivity contribution in [1.29, 1.82) is 0 Å². The van der Waals surface area contributed by atoms with Gasteiger partial charge in [-0.3, -0.25) is 4.79 Å². The Balaban J connectivity index is 1.62. The molecule has 4 aromatic heterocycles. The lowest BCUT2D eigenvalue weighted by atomic mass is 10.1. The summed E-state index contributed by atoms with van der Waals surface area (Å²) in [6.07, 6.45) is 3.14. The van der Waals surface area contributed by atoms with E-state index in [9.17, 15) is 9.59 Å². The Morgan fingerprint density at radius 1 is 1.24 bits per heavy atom. The van der Waals surface area contributed by atoms with Crippen LogP contribution in [-0.2, 0) is 16.1 Å². The van der Waals surface area contributed by atoms with Crippen molar-refractivity contribution < 1.29 is 23.2 Å². The number of aryl methyl sites for hydroxylation is 2. The van der Waals surface area contributed by atoms with Crippen molar-refractivity contribution in [2.75, 3.05) is 13.7 Å². The van der Waals surface area contributed by atoms with Crippen molar-refractivity contribution >= 4 is 22.9 Å². The van der Waals surface area contributed by atoms with E-state index >= 15 is 0 Å². The third-order valence-corrected chi connectivity index (χ3v) is 5.32. The minimum Gasteiger partial charge on any atom is -0.467 e. The second-order valence-electron chi connectivity index (χ2n) is 8.21. The lowest BCUT2D eigenvalue weighted by Crippen LogP contribution is -2.30. The van der Waals surface area contributed by atoms with Crippen LogP contribution in [0.2, 0.25) is 0 Å². The molecule has 1 amide bonds. The fourth-order valence-electron chi connectivity index (χ4n) is 3.63. The number of rotatable bonds is 7. The molecule has 0 unspecified atom stereocenters. The maximum atomic E-state index is 13.1. The monoisotopic (exact) mass is 450 g/mol. The van der Waals surface area contributed by atoms with Gasteiger partial charge in [-0.2, -0.15) is 5.10 Å². The normalized spacial score (nSPS) is 11.3. The van der Waals surface area contributed by atoms with Gasteiger partial charge in [0.2, 0.25) is 0 Å². The molecule has 33 heavy (non-hydrogen) atoms. The minimum absolute atomic E-state index is 0.0399. The highest BCUT2D eigenvalue weighted by Crippen LogP contribution is 2.30. The van der Waals surface area contributed by atoms with E-state index in [0.717, 1.165) is 11.3 Å². The molecule has 0 N–H and O–H groups in total. The lowest BCUT2D eigenvalue weighted by Gasteiger charge is -2.16. The summed E-state index contributed by atoms with van der Waals surface area (Å²) in [5.74, 6) is 1.12. The summed E-state index contributed by atoms with van der Waals surface area (Å²) < 4.78 is 18.0. The SMILES string of the molecule is Cc1cc(-c2cc(C(=O)OCC(=O)N(C)Cc3ccco3)c3cnn(C(C)C)c3n2)c(C)o1. The molecule has 0 saturated heterocycles. The highest BCUT2D eigenvalue weighted by atomic mass is 16.5. The zero-order chi connectivity index (χ0) is 23.7. The summed E-state index contributed by atoms with van der Waals surface area (Å²) in [4.78, 5) is 31.7. The van der Waals surface area contributed by atoms with Gasteiger partial charge in [-0.1, -0.05) is 0 Å². The van der Waals surface area contributed by atoms with Gasteiger partial charge in [0.15, 0.2) is 12.3 Å². The highest BCUT2D eigenvalue weighted by molar-refractivity contribution is 6.04. The summed E-state index contributed by atoms with van der Waals surface area (Å²) in [6, 6.07) is 7.10. The number of hydrogen-bond donors (Lipinski definition) is 0. The average molecular weight is 450 g/mol. The number of pyridine rings is 1. The molecule has 4 rings (SSSR count). The molecule has 0 saturated carbocycles. The number of nitrogens with zero attached hydrogens (tertiary/aromatic N) is 4. The summed E-state index contributed by atoms with van der Waals surface area (Å²) in [7, 11) is 1.62. The minimum atomic E-state index is -0.621. The van der Waals surface area contributed by atoms with Crippen LogP contribution >= 0.6 is 0 Å². The Morgan fingerprint density at radius 2 is 2.03 bits per heavy atom. The molecule has 9 heteroatoms. The predicted molar refractivity (Wildman–Crippen MR) is 121 cm³/mol. The van der Waals surface area contributed by atoms with Crippen LogP contribution in [0.15, 0.2) is 45.6 Å². The molecule has 9 nitrogen and oxygen atoms in total. The quantitative estimate of drug-likeness (QED) is 0.387. The summed E-state index contributed by atoms with van der Waals surface area (Å²) in [5.41, 5.74) is 2.22. The van der Waals surface area contributed by atoms with Gasteiger partial charge >= 0.3 is 5.97 Å². The highest BCUT2D eigenvalue weighted by Gasteiger charge is 2.22. The lowest BCUT2D eigenvalue weighted by molar-refractivity contribution is -0.133. The number of ether oxygens (including phenoxy) is 1. The Kier molecular flexibility index (Phi) is 6.04. The number of carbonyl (C=O) groups excluding carboxylic acids is 2. The maximum absolute atomic E-state index is 13.1. The Hall–Kier alpha value is -3.88. The first kappa shape index (κ1) is 22.3. The van der Waals surface area contributed by atoms with E-state index in [0.29, 0.717) is 33.8 Å². The van der Waals surface area contributed by atoms with E-state index in [1.165, 1.54) is 4.90 Å². The van der Waals surface area contributed by atoms with Crippen molar-refractivity contribution in [1.82, 2.24) is 19.7 Å². The third-order valence-electron chi connectivity index (χ3n) is 5.32. The molecular weight excluding hydrogens is 424 g/mol. The van der Waals surface area contributed by atoms with E-state index in [1.807, 2.05) is 33.8 Å². The molecule has 0 radical (unpaired) electrons. The van der Waals surface area contributed by atoms with Gasteiger partial charge < -0.3 is 18.5 Å². The number of aromatic nitrogens is 3. The van der Waals surface area contributed by atoms with Crippen LogP contribution in [0, 0.1) is 13.8 Å². The molecule has 0 fully saturated rings. The van der Waals surface area contributed by atoms with E-state index in [1.54, 1.807) is 42.4 Å². The molecule has 172 valence electrons. The van der Waals surface area contributed by atoms with Crippen molar-refractivity contribution in [3.8, 4) is 11.3 Å². The number of fused-ring (bicyclic) bond motifs is 1. The standard InChI is InChI=1S/C24H26N4O5/c1-14(2)28-23-20(11-25-28)19(10-21(26-23)18-9-15(3)33-16(18)4)24(30)32-13-22(29)27(5)12-17-7-6-8-31-17/h6-11,14H,12-13H2,1-5H3. The first-order chi connectivity index (χ1) is 15.7. The van der Waals surface area contributed by atoms with Crippen LogP contribution < -0.4 is 0 Å². The second-order valence-corrected chi connectivity index (χ2v) is 8.21. The number of furan rings is 2. The molecule has 4 heterocycles. The smallest absolute Gasteiger partial charge is 0.339 e. The Bertz CT molecular complexity index is 1300. The van der Waals surface area contributed by atoms with Crippen LogP contribution in [0.25, 0.3) is 22.3 Å². The molecular formula is C24H26N4O5. The van der Waals surface area contributed by atoms with E-state index in [4.69, 9.17) is 18.6 Å². The van der Waals surface area contributed by atoms with Crippen molar-refractivity contribution in [2.24, 2.45) is 0 Å². The van der Waals surface area contributed by atoms with Gasteiger partial charge in [-0.15, -0.1) is 0 Å². The van der Waals surface area contributed by atoms with Gasteiger partial charge in [0, 0.05) is 18.7 Å². The van der Waals surface area contributed by atoms with Crippen LogP contribution in [0.5, 0.6) is 0 Å². The molecule has 4 aromatic rings. The molecule has 0 aromatic carbocycles. The average Bonchev–Trinajstić information content (AvgIpc) is 3.50. The largest absolute Gasteiger partial charge is 0.467 e. The summed E-state index contributed by atoms with van der Waals surface area (Å²) in [6.45, 7) is 7.57. The van der Waals surface area contributed by atoms with Crippen molar-refractivity contribution in [3.63, 3.8) is 0 Å². The van der Waals surface area contributed by atoms with Gasteiger partial charge in [-0.05, 0) is 52.0 Å². The van der Waals surface area contributed by atoms with Crippen LogP contribution in [-0.4, -0.2) is 45.2 Å². The number of amides is 1.